The summed E-state index contributed by atoms with van der Waals surface area (Å²) in [6.45, 7) is 4.05. The van der Waals surface area contributed by atoms with Crippen LogP contribution in [0.4, 0.5) is 5.69 Å². The molecule has 4 nitrogen and oxygen atoms in total. The number of carboxylic acid groups (broad SMARTS) is 1. The Morgan fingerprint density at radius 2 is 1.76 bits per heavy atom. The van der Waals surface area contributed by atoms with E-state index in [1.807, 2.05) is 31.2 Å². The zero-order valence-corrected chi connectivity index (χ0v) is 12.9. The average molecular weight is 289 g/mol. The van der Waals surface area contributed by atoms with Crippen LogP contribution in [0, 0.1) is 24.7 Å². The summed E-state index contributed by atoms with van der Waals surface area (Å²) in [6.07, 6.45) is 2.23. The highest BCUT2D eigenvalue weighted by Crippen LogP contribution is 2.39. The van der Waals surface area contributed by atoms with Gasteiger partial charge in [-0.1, -0.05) is 31.0 Å². The number of hydrogen-bond donors (Lipinski definition) is 1. The van der Waals surface area contributed by atoms with Crippen molar-refractivity contribution in [3.8, 4) is 0 Å². The third-order valence-corrected chi connectivity index (χ3v) is 4.62. The third kappa shape index (κ3) is 3.26. The Morgan fingerprint density at radius 1 is 1.19 bits per heavy atom. The fourth-order valence-electron chi connectivity index (χ4n) is 3.17. The molecule has 1 saturated carbocycles. The Hall–Kier alpha value is -1.84. The molecule has 1 amide bonds. The van der Waals surface area contributed by atoms with Crippen molar-refractivity contribution in [2.45, 2.75) is 33.1 Å². The van der Waals surface area contributed by atoms with Crippen molar-refractivity contribution in [3.63, 3.8) is 0 Å². The minimum atomic E-state index is -0.846. The van der Waals surface area contributed by atoms with Gasteiger partial charge in [0.05, 0.1) is 11.8 Å². The maximum Gasteiger partial charge on any atom is 0.307 e. The van der Waals surface area contributed by atoms with Crippen molar-refractivity contribution in [1.82, 2.24) is 0 Å². The van der Waals surface area contributed by atoms with Crippen LogP contribution in [-0.2, 0) is 9.59 Å². The van der Waals surface area contributed by atoms with Gasteiger partial charge in [-0.25, -0.2) is 0 Å². The van der Waals surface area contributed by atoms with Gasteiger partial charge in [-0.3, -0.25) is 9.59 Å². The Morgan fingerprint density at radius 3 is 2.29 bits per heavy atom. The number of rotatable bonds is 4. The van der Waals surface area contributed by atoms with Crippen LogP contribution in [0.25, 0.3) is 0 Å². The molecule has 1 aromatic rings. The van der Waals surface area contributed by atoms with E-state index in [-0.39, 0.29) is 5.91 Å². The summed E-state index contributed by atoms with van der Waals surface area (Å²) >= 11 is 0. The maximum atomic E-state index is 12.7. The molecule has 1 aromatic carbocycles. The molecule has 1 fully saturated rings. The number of aryl methyl sites for hydroxylation is 1. The topological polar surface area (TPSA) is 57.6 Å². The van der Waals surface area contributed by atoms with Gasteiger partial charge in [0.15, 0.2) is 0 Å². The zero-order valence-electron chi connectivity index (χ0n) is 12.9. The van der Waals surface area contributed by atoms with Crippen LogP contribution >= 0.6 is 0 Å². The lowest BCUT2D eigenvalue weighted by Crippen LogP contribution is -2.36. The molecular formula is C17H23NO3. The first kappa shape index (κ1) is 15.5. The lowest BCUT2D eigenvalue weighted by molar-refractivity contribution is -0.145. The van der Waals surface area contributed by atoms with Crippen molar-refractivity contribution in [2.75, 3.05) is 11.9 Å². The number of carboxylic acids is 1. The number of nitrogens with zero attached hydrogens (tertiary/aromatic N) is 1. The van der Waals surface area contributed by atoms with E-state index in [1.165, 1.54) is 0 Å². The second-order valence-electron chi connectivity index (χ2n) is 6.03. The van der Waals surface area contributed by atoms with E-state index in [0.717, 1.165) is 17.7 Å². The highest BCUT2D eigenvalue weighted by atomic mass is 16.4. The Bertz CT molecular complexity index is 523. The Balaban J connectivity index is 2.17. The first-order chi connectivity index (χ1) is 9.93. The van der Waals surface area contributed by atoms with Crippen LogP contribution in [0.5, 0.6) is 0 Å². The molecule has 0 bridgehead atoms. The summed E-state index contributed by atoms with van der Waals surface area (Å²) in [6, 6.07) is 7.71. The largest absolute Gasteiger partial charge is 0.481 e. The van der Waals surface area contributed by atoms with Gasteiger partial charge >= 0.3 is 5.97 Å². The molecule has 3 atom stereocenters. The molecule has 1 aliphatic carbocycles. The summed E-state index contributed by atoms with van der Waals surface area (Å²) in [4.78, 5) is 25.7. The van der Waals surface area contributed by atoms with Crippen molar-refractivity contribution in [1.29, 1.82) is 0 Å². The summed E-state index contributed by atoms with van der Waals surface area (Å²) in [5.74, 6) is -1.54. The number of benzene rings is 1. The predicted octanol–water partition coefficient (Wildman–Crippen LogP) is 3.09. The number of hydrogen-bond acceptors (Lipinski definition) is 2. The van der Waals surface area contributed by atoms with Crippen molar-refractivity contribution >= 4 is 17.6 Å². The highest BCUT2D eigenvalue weighted by molar-refractivity contribution is 5.97. The van der Waals surface area contributed by atoms with E-state index < -0.39 is 17.8 Å². The molecule has 0 spiro atoms. The van der Waals surface area contributed by atoms with Gasteiger partial charge in [-0.2, -0.15) is 0 Å². The SMILES string of the molecule is CCC1CC(C(=O)O)C(C(=O)N(C)c2ccc(C)cc2)C1. The van der Waals surface area contributed by atoms with E-state index in [2.05, 4.69) is 6.92 Å². The molecule has 3 unspecified atom stereocenters. The molecule has 0 aliphatic heterocycles. The normalized spacial score (nSPS) is 24.8. The highest BCUT2D eigenvalue weighted by Gasteiger charge is 2.43. The first-order valence-corrected chi connectivity index (χ1v) is 7.51. The van der Waals surface area contributed by atoms with Crippen LogP contribution in [0.15, 0.2) is 24.3 Å². The molecule has 21 heavy (non-hydrogen) atoms. The summed E-state index contributed by atoms with van der Waals surface area (Å²) < 4.78 is 0. The van der Waals surface area contributed by atoms with Gasteiger partial charge in [0.2, 0.25) is 5.91 Å². The zero-order chi connectivity index (χ0) is 15.6. The summed E-state index contributed by atoms with van der Waals surface area (Å²) in [7, 11) is 1.73. The number of amides is 1. The van der Waals surface area contributed by atoms with E-state index in [9.17, 15) is 14.7 Å². The average Bonchev–Trinajstić information content (AvgIpc) is 2.91. The second-order valence-corrected chi connectivity index (χ2v) is 6.03. The van der Waals surface area contributed by atoms with Crippen LogP contribution in [0.2, 0.25) is 0 Å². The molecule has 0 aromatic heterocycles. The van der Waals surface area contributed by atoms with Gasteiger partial charge in [-0.05, 0) is 37.8 Å². The summed E-state index contributed by atoms with van der Waals surface area (Å²) in [5.41, 5.74) is 1.95. The van der Waals surface area contributed by atoms with Crippen molar-refractivity contribution in [3.05, 3.63) is 29.8 Å². The van der Waals surface area contributed by atoms with Crippen LogP contribution < -0.4 is 4.90 Å². The van der Waals surface area contributed by atoms with Gasteiger partial charge in [0.25, 0.3) is 0 Å². The van der Waals surface area contributed by atoms with E-state index in [1.54, 1.807) is 11.9 Å². The van der Waals surface area contributed by atoms with E-state index in [0.29, 0.717) is 18.8 Å². The van der Waals surface area contributed by atoms with Crippen LogP contribution in [0.3, 0.4) is 0 Å². The van der Waals surface area contributed by atoms with E-state index in [4.69, 9.17) is 0 Å². The minimum Gasteiger partial charge on any atom is -0.481 e. The Kier molecular flexibility index (Phi) is 4.66. The monoisotopic (exact) mass is 289 g/mol. The van der Waals surface area contributed by atoms with Gasteiger partial charge in [-0.15, -0.1) is 0 Å². The third-order valence-electron chi connectivity index (χ3n) is 4.62. The molecule has 0 heterocycles. The van der Waals surface area contributed by atoms with Gasteiger partial charge < -0.3 is 10.0 Å². The van der Waals surface area contributed by atoms with Gasteiger partial charge in [0.1, 0.15) is 0 Å². The van der Waals surface area contributed by atoms with Crippen molar-refractivity contribution < 1.29 is 14.7 Å². The summed E-state index contributed by atoms with van der Waals surface area (Å²) in [5, 5.41) is 9.36. The molecular weight excluding hydrogens is 266 g/mol. The standard InChI is InChI=1S/C17H23NO3/c1-4-12-9-14(15(10-12)17(20)21)16(19)18(3)13-7-5-11(2)6-8-13/h5-8,12,14-15H,4,9-10H2,1-3H3,(H,20,21). The van der Waals surface area contributed by atoms with Crippen LogP contribution in [-0.4, -0.2) is 24.0 Å². The lowest BCUT2D eigenvalue weighted by Gasteiger charge is -2.23. The number of carbonyl (C=O) groups is 2. The molecule has 2 rings (SSSR count). The fourth-order valence-corrected chi connectivity index (χ4v) is 3.17. The maximum absolute atomic E-state index is 12.7. The molecule has 4 heteroatoms. The predicted molar refractivity (Wildman–Crippen MR) is 82.2 cm³/mol. The van der Waals surface area contributed by atoms with Crippen molar-refractivity contribution in [2.24, 2.45) is 17.8 Å². The number of anilines is 1. The smallest absolute Gasteiger partial charge is 0.307 e. The quantitative estimate of drug-likeness (QED) is 0.926. The first-order valence-electron chi connectivity index (χ1n) is 7.51. The van der Waals surface area contributed by atoms with Gasteiger partial charge in [0, 0.05) is 12.7 Å². The fraction of sp³-hybridized carbons (Fsp3) is 0.529. The lowest BCUT2D eigenvalue weighted by atomic mass is 9.94. The minimum absolute atomic E-state index is 0.0813. The molecule has 0 radical (unpaired) electrons. The second kappa shape index (κ2) is 6.29. The van der Waals surface area contributed by atoms with E-state index >= 15 is 0 Å². The molecule has 1 aliphatic rings. The van der Waals surface area contributed by atoms with Crippen LogP contribution in [0.1, 0.15) is 31.7 Å². The number of aliphatic carboxylic acids is 1. The number of carbonyl (C=O) groups excluding carboxylic acids is 1. The Labute approximate surface area is 125 Å². The molecule has 0 saturated heterocycles. The molecule has 114 valence electrons. The molecule has 1 N–H and O–H groups in total.